The molecular formula is C12H23NO4S. The number of ether oxygens (including phenoxy) is 1. The second-order valence-electron chi connectivity index (χ2n) is 5.23. The van der Waals surface area contributed by atoms with Crippen LogP contribution in [0.1, 0.15) is 13.8 Å². The van der Waals surface area contributed by atoms with Gasteiger partial charge < -0.3 is 25.8 Å². The van der Waals surface area contributed by atoms with Crippen LogP contribution in [0.15, 0.2) is 12.7 Å². The van der Waals surface area contributed by atoms with Crippen LogP contribution >= 0.6 is 11.8 Å². The number of aliphatic hydroxyl groups excluding tert-OH is 3. The Morgan fingerprint density at radius 3 is 2.28 bits per heavy atom. The minimum atomic E-state index is -1.26. The highest BCUT2D eigenvalue weighted by Gasteiger charge is 2.48. The molecule has 0 aromatic rings. The quantitative estimate of drug-likeness (QED) is 0.527. The molecule has 1 heterocycles. The highest BCUT2D eigenvalue weighted by Crippen LogP contribution is 2.33. The predicted octanol–water partition coefficient (Wildman–Crippen LogP) is -0.304. The normalized spacial score (nSPS) is 39.4. The molecule has 5 nitrogen and oxygen atoms in total. The van der Waals surface area contributed by atoms with Crippen molar-refractivity contribution in [3.05, 3.63) is 12.7 Å². The molecule has 106 valence electrons. The maximum atomic E-state index is 9.99. The zero-order valence-electron chi connectivity index (χ0n) is 11.0. The van der Waals surface area contributed by atoms with Crippen LogP contribution in [-0.4, -0.2) is 57.5 Å². The Morgan fingerprint density at radius 2 is 1.83 bits per heavy atom. The number of rotatable bonds is 4. The van der Waals surface area contributed by atoms with E-state index in [0.717, 1.165) is 0 Å². The molecule has 6 atom stereocenters. The highest BCUT2D eigenvalue weighted by atomic mass is 32.2. The van der Waals surface area contributed by atoms with Gasteiger partial charge in [0.1, 0.15) is 29.9 Å². The molecule has 0 bridgehead atoms. The lowest BCUT2D eigenvalue weighted by Gasteiger charge is -2.45. The topological polar surface area (TPSA) is 95.9 Å². The fourth-order valence-corrected chi connectivity index (χ4v) is 2.60. The number of thioether (sulfide) groups is 1. The van der Waals surface area contributed by atoms with Crippen molar-refractivity contribution in [1.82, 2.24) is 0 Å². The maximum Gasteiger partial charge on any atom is 0.132 e. The van der Waals surface area contributed by atoms with E-state index in [1.807, 2.05) is 13.8 Å². The Kier molecular flexibility index (Phi) is 5.22. The van der Waals surface area contributed by atoms with Crippen LogP contribution in [0.3, 0.4) is 0 Å². The molecule has 1 aliphatic rings. The third-order valence-corrected chi connectivity index (χ3v) is 4.43. The van der Waals surface area contributed by atoms with E-state index in [1.54, 1.807) is 12.3 Å². The summed E-state index contributed by atoms with van der Waals surface area (Å²) in [6.07, 6.45) is -0.872. The molecule has 0 spiro atoms. The first-order chi connectivity index (χ1) is 8.26. The number of nitrogens with two attached hydrogens (primary N) is 1. The van der Waals surface area contributed by atoms with Crippen molar-refractivity contribution < 1.29 is 20.1 Å². The first-order valence-electron chi connectivity index (χ1n) is 5.88. The van der Waals surface area contributed by atoms with E-state index in [-0.39, 0.29) is 0 Å². The van der Waals surface area contributed by atoms with Crippen molar-refractivity contribution in [3.63, 3.8) is 0 Å². The molecule has 0 aromatic carbocycles. The van der Waals surface area contributed by atoms with E-state index in [1.165, 1.54) is 11.8 Å². The van der Waals surface area contributed by atoms with E-state index in [4.69, 9.17) is 10.5 Å². The smallest absolute Gasteiger partial charge is 0.132 e. The molecule has 0 saturated carbocycles. The lowest BCUT2D eigenvalue weighted by molar-refractivity contribution is -0.207. The van der Waals surface area contributed by atoms with Gasteiger partial charge in [-0.3, -0.25) is 0 Å². The summed E-state index contributed by atoms with van der Waals surface area (Å²) in [5.74, 6) is 0. The van der Waals surface area contributed by atoms with Crippen molar-refractivity contribution in [2.75, 3.05) is 6.26 Å². The summed E-state index contributed by atoms with van der Waals surface area (Å²) in [6, 6.07) is -0.526. The Hall–Kier alpha value is -0.110. The summed E-state index contributed by atoms with van der Waals surface area (Å²) in [4.78, 5) is 0. The Balaban J connectivity index is 2.91. The standard InChI is InChI=1S/C12H23NO4S/c1-5-12(2,3)10(13)9-7(15)6(14)8(16)11(17-9)18-4/h5-11,14-16H,1,13H2,2-4H3/t6?,7?,8-,9+,10+,11?/m1/s1. The van der Waals surface area contributed by atoms with Gasteiger partial charge in [0.15, 0.2) is 0 Å². The lowest BCUT2D eigenvalue weighted by atomic mass is 9.78. The van der Waals surface area contributed by atoms with Gasteiger partial charge >= 0.3 is 0 Å². The molecule has 5 N–H and O–H groups in total. The minimum Gasteiger partial charge on any atom is -0.388 e. The van der Waals surface area contributed by atoms with Crippen LogP contribution in [0.25, 0.3) is 0 Å². The Bertz CT molecular complexity index is 298. The molecule has 1 aliphatic heterocycles. The SMILES string of the molecule is C=CC(C)(C)[C@@H](N)[C@H]1OC(SC)[C@H](O)C(O)C1O. The van der Waals surface area contributed by atoms with Crippen LogP contribution in [0.2, 0.25) is 0 Å². The molecule has 0 amide bonds. The molecule has 18 heavy (non-hydrogen) atoms. The van der Waals surface area contributed by atoms with Gasteiger partial charge in [-0.05, 0) is 6.26 Å². The molecule has 6 heteroatoms. The second-order valence-corrected chi connectivity index (χ2v) is 6.16. The van der Waals surface area contributed by atoms with Gasteiger partial charge in [-0.2, -0.15) is 0 Å². The number of hydrogen-bond acceptors (Lipinski definition) is 6. The molecular weight excluding hydrogens is 254 g/mol. The maximum absolute atomic E-state index is 9.99. The van der Waals surface area contributed by atoms with E-state index in [9.17, 15) is 15.3 Å². The number of hydrogen-bond donors (Lipinski definition) is 4. The first kappa shape index (κ1) is 15.9. The zero-order valence-corrected chi connectivity index (χ0v) is 11.8. The van der Waals surface area contributed by atoms with Gasteiger partial charge in [-0.1, -0.05) is 19.9 Å². The largest absolute Gasteiger partial charge is 0.388 e. The van der Waals surface area contributed by atoms with Crippen molar-refractivity contribution in [2.24, 2.45) is 11.1 Å². The lowest BCUT2D eigenvalue weighted by Crippen LogP contribution is -2.63. The molecule has 3 unspecified atom stereocenters. The van der Waals surface area contributed by atoms with E-state index < -0.39 is 41.3 Å². The fraction of sp³-hybridized carbons (Fsp3) is 0.833. The molecule has 0 radical (unpaired) electrons. The third kappa shape index (κ3) is 2.89. The Labute approximate surface area is 112 Å². The third-order valence-electron chi connectivity index (χ3n) is 3.58. The van der Waals surface area contributed by atoms with E-state index >= 15 is 0 Å². The first-order valence-corrected chi connectivity index (χ1v) is 7.16. The van der Waals surface area contributed by atoms with Crippen LogP contribution in [-0.2, 0) is 4.74 Å². The summed E-state index contributed by atoms with van der Waals surface area (Å²) in [6.45, 7) is 7.47. The average molecular weight is 277 g/mol. The monoisotopic (exact) mass is 277 g/mol. The van der Waals surface area contributed by atoms with Gasteiger partial charge in [0.2, 0.25) is 0 Å². The summed E-state index contributed by atoms with van der Waals surface area (Å²) in [7, 11) is 0. The molecule has 1 rings (SSSR count). The van der Waals surface area contributed by atoms with Crippen molar-refractivity contribution in [1.29, 1.82) is 0 Å². The predicted molar refractivity (Wildman–Crippen MR) is 72.1 cm³/mol. The van der Waals surface area contributed by atoms with E-state index in [2.05, 4.69) is 6.58 Å². The van der Waals surface area contributed by atoms with Crippen molar-refractivity contribution in [3.8, 4) is 0 Å². The van der Waals surface area contributed by atoms with Gasteiger partial charge in [0.05, 0.1) is 0 Å². The van der Waals surface area contributed by atoms with Crippen LogP contribution in [0, 0.1) is 5.41 Å². The van der Waals surface area contributed by atoms with E-state index in [0.29, 0.717) is 0 Å². The Morgan fingerprint density at radius 1 is 1.28 bits per heavy atom. The molecule has 1 fully saturated rings. The minimum absolute atomic E-state index is 0.448. The number of aliphatic hydroxyl groups is 3. The second kappa shape index (κ2) is 5.90. The van der Waals surface area contributed by atoms with Gasteiger partial charge in [0.25, 0.3) is 0 Å². The molecule has 1 saturated heterocycles. The summed E-state index contributed by atoms with van der Waals surface area (Å²) >= 11 is 1.27. The van der Waals surface area contributed by atoms with Gasteiger partial charge in [-0.25, -0.2) is 0 Å². The zero-order chi connectivity index (χ0) is 14.1. The summed E-state index contributed by atoms with van der Waals surface area (Å²) in [5, 5.41) is 29.6. The van der Waals surface area contributed by atoms with Crippen molar-refractivity contribution in [2.45, 2.75) is 49.7 Å². The summed E-state index contributed by atoms with van der Waals surface area (Å²) in [5.41, 5.74) is 5.05. The molecule has 0 aromatic heterocycles. The highest BCUT2D eigenvalue weighted by molar-refractivity contribution is 7.99. The van der Waals surface area contributed by atoms with Crippen LogP contribution in [0.4, 0.5) is 0 Å². The summed E-state index contributed by atoms with van der Waals surface area (Å²) < 4.78 is 5.61. The average Bonchev–Trinajstić information content (AvgIpc) is 2.35. The molecule has 0 aliphatic carbocycles. The van der Waals surface area contributed by atoms with Crippen molar-refractivity contribution >= 4 is 11.8 Å². The van der Waals surface area contributed by atoms with Crippen LogP contribution in [0.5, 0.6) is 0 Å². The van der Waals surface area contributed by atoms with Gasteiger partial charge in [0, 0.05) is 11.5 Å². The van der Waals surface area contributed by atoms with Crippen LogP contribution < -0.4 is 5.73 Å². The fourth-order valence-electron chi connectivity index (χ4n) is 1.92. The van der Waals surface area contributed by atoms with Gasteiger partial charge in [-0.15, -0.1) is 18.3 Å².